The van der Waals surface area contributed by atoms with Crippen LogP contribution in [0.3, 0.4) is 0 Å². The molecule has 2 aromatic carbocycles. The molecule has 0 bridgehead atoms. The van der Waals surface area contributed by atoms with Gasteiger partial charge in [0.1, 0.15) is 6.17 Å². The Labute approximate surface area is 166 Å². The van der Waals surface area contributed by atoms with Gasteiger partial charge in [0.2, 0.25) is 11.8 Å². The highest BCUT2D eigenvalue weighted by atomic mass is 16.2. The molecule has 2 amide bonds. The predicted molar refractivity (Wildman–Crippen MR) is 109 cm³/mol. The van der Waals surface area contributed by atoms with Gasteiger partial charge in [-0.1, -0.05) is 54.6 Å². The summed E-state index contributed by atoms with van der Waals surface area (Å²) in [6, 6.07) is 17.1. The molecule has 1 aliphatic heterocycles. The van der Waals surface area contributed by atoms with Gasteiger partial charge in [-0.3, -0.25) is 14.9 Å². The molecule has 2 aromatic rings. The fourth-order valence-electron chi connectivity index (χ4n) is 3.37. The van der Waals surface area contributed by atoms with Crippen molar-refractivity contribution < 1.29 is 9.59 Å². The minimum absolute atomic E-state index is 0.129. The summed E-state index contributed by atoms with van der Waals surface area (Å²) in [6.07, 6.45) is -0.234. The van der Waals surface area contributed by atoms with Crippen LogP contribution < -0.4 is 16.0 Å². The van der Waals surface area contributed by atoms with Crippen molar-refractivity contribution in [3.63, 3.8) is 0 Å². The van der Waals surface area contributed by atoms with Gasteiger partial charge in [0.05, 0.1) is 18.5 Å². The maximum atomic E-state index is 12.8. The van der Waals surface area contributed by atoms with Crippen LogP contribution in [0.4, 0.5) is 0 Å². The molecule has 0 radical (unpaired) electrons. The van der Waals surface area contributed by atoms with Gasteiger partial charge in [-0.05, 0) is 37.7 Å². The molecule has 1 saturated heterocycles. The van der Waals surface area contributed by atoms with Crippen molar-refractivity contribution in [1.29, 1.82) is 0 Å². The fraction of sp³-hybridized carbons (Fsp3) is 0.364. The number of benzene rings is 2. The molecule has 3 atom stereocenters. The summed E-state index contributed by atoms with van der Waals surface area (Å²) in [5, 5.41) is 9.16. The summed E-state index contributed by atoms with van der Waals surface area (Å²) < 4.78 is 0. The van der Waals surface area contributed by atoms with E-state index < -0.39 is 6.04 Å². The van der Waals surface area contributed by atoms with E-state index in [2.05, 4.69) is 33.0 Å². The van der Waals surface area contributed by atoms with Gasteiger partial charge in [0.25, 0.3) is 0 Å². The molecule has 0 aromatic heterocycles. The highest BCUT2D eigenvalue weighted by Crippen LogP contribution is 2.18. The Hall–Kier alpha value is -2.70. The third-order valence-electron chi connectivity index (χ3n) is 4.85. The van der Waals surface area contributed by atoms with E-state index in [4.69, 9.17) is 0 Å². The van der Waals surface area contributed by atoms with E-state index in [1.165, 1.54) is 5.56 Å². The first kappa shape index (κ1) is 20.0. The Morgan fingerprint density at radius 3 is 2.46 bits per heavy atom. The number of hydrogen-bond acceptors (Lipinski definition) is 4. The first-order valence-electron chi connectivity index (χ1n) is 9.56. The molecule has 28 heavy (non-hydrogen) atoms. The molecular formula is C22H28N4O2. The summed E-state index contributed by atoms with van der Waals surface area (Å²) in [4.78, 5) is 27.0. The van der Waals surface area contributed by atoms with Crippen molar-refractivity contribution >= 4 is 11.8 Å². The average Bonchev–Trinajstić information content (AvgIpc) is 2.68. The molecular weight excluding hydrogens is 352 g/mol. The van der Waals surface area contributed by atoms with Crippen molar-refractivity contribution in [2.45, 2.75) is 38.1 Å². The highest BCUT2D eigenvalue weighted by Gasteiger charge is 2.31. The van der Waals surface area contributed by atoms with Gasteiger partial charge in [-0.15, -0.1) is 0 Å². The number of carbonyl (C=O) groups excluding carboxylic acids is 2. The van der Waals surface area contributed by atoms with E-state index in [0.717, 1.165) is 17.7 Å². The van der Waals surface area contributed by atoms with Crippen molar-refractivity contribution in [3.05, 3.63) is 71.3 Å². The molecule has 3 rings (SSSR count). The van der Waals surface area contributed by atoms with Crippen LogP contribution in [0.5, 0.6) is 0 Å². The Kier molecular flexibility index (Phi) is 6.44. The average molecular weight is 380 g/mol. The second kappa shape index (κ2) is 8.99. The molecule has 6 nitrogen and oxygen atoms in total. The quantitative estimate of drug-likeness (QED) is 0.718. The van der Waals surface area contributed by atoms with Gasteiger partial charge in [0, 0.05) is 6.54 Å². The number of hydrogen-bond donors (Lipinski definition) is 3. The van der Waals surface area contributed by atoms with Crippen LogP contribution in [0.2, 0.25) is 0 Å². The largest absolute Gasteiger partial charge is 0.348 e. The second-order valence-electron chi connectivity index (χ2n) is 7.54. The topological polar surface area (TPSA) is 73.5 Å². The molecule has 1 fully saturated rings. The Bertz CT molecular complexity index is 805. The minimum Gasteiger partial charge on any atom is -0.348 e. The lowest BCUT2D eigenvalue weighted by Gasteiger charge is -2.32. The van der Waals surface area contributed by atoms with Gasteiger partial charge in [-0.25, -0.2) is 0 Å². The van der Waals surface area contributed by atoms with Crippen LogP contribution in [0.25, 0.3) is 0 Å². The Morgan fingerprint density at radius 1 is 1.14 bits per heavy atom. The molecule has 0 aliphatic carbocycles. The van der Waals surface area contributed by atoms with Gasteiger partial charge in [-0.2, -0.15) is 0 Å². The van der Waals surface area contributed by atoms with E-state index in [1.54, 1.807) is 0 Å². The van der Waals surface area contributed by atoms with E-state index >= 15 is 0 Å². The Morgan fingerprint density at radius 2 is 1.82 bits per heavy atom. The van der Waals surface area contributed by atoms with E-state index in [-0.39, 0.29) is 30.4 Å². The standard InChI is InChI=1S/C22H28N4O2/c1-15(17-11-9-16(10-12-17)14-26(2)3)23-22(28)19-13-20(27)25-21(24-19)18-7-5-4-6-8-18/h4-12,15,19,21,24H,13-14H2,1-3H3,(H,23,28)(H,25,27)/t15-,19?,21?/m1/s1. The summed E-state index contributed by atoms with van der Waals surface area (Å²) in [7, 11) is 4.07. The minimum atomic E-state index is -0.561. The third kappa shape index (κ3) is 5.18. The van der Waals surface area contributed by atoms with Gasteiger partial charge in [0.15, 0.2) is 0 Å². The zero-order chi connectivity index (χ0) is 20.1. The molecule has 148 valence electrons. The monoisotopic (exact) mass is 380 g/mol. The van der Waals surface area contributed by atoms with Crippen LogP contribution in [-0.4, -0.2) is 36.9 Å². The summed E-state index contributed by atoms with van der Waals surface area (Å²) in [6.45, 7) is 2.83. The summed E-state index contributed by atoms with van der Waals surface area (Å²) in [5.41, 5.74) is 3.19. The van der Waals surface area contributed by atoms with Crippen LogP contribution in [0.1, 0.15) is 42.2 Å². The second-order valence-corrected chi connectivity index (χ2v) is 7.54. The molecule has 6 heteroatoms. The van der Waals surface area contributed by atoms with Crippen molar-refractivity contribution in [2.75, 3.05) is 14.1 Å². The first-order chi connectivity index (χ1) is 13.4. The van der Waals surface area contributed by atoms with Crippen LogP contribution in [0, 0.1) is 0 Å². The molecule has 2 unspecified atom stereocenters. The SMILES string of the molecule is C[C@@H](NC(=O)C1CC(=O)NC(c2ccccc2)N1)c1ccc(CN(C)C)cc1. The van der Waals surface area contributed by atoms with Crippen molar-refractivity contribution in [2.24, 2.45) is 0 Å². The first-order valence-corrected chi connectivity index (χ1v) is 9.56. The summed E-state index contributed by atoms with van der Waals surface area (Å²) >= 11 is 0. The number of nitrogens with one attached hydrogen (secondary N) is 3. The predicted octanol–water partition coefficient (Wildman–Crippen LogP) is 2.10. The maximum absolute atomic E-state index is 12.8. The zero-order valence-corrected chi connectivity index (χ0v) is 16.6. The molecule has 1 heterocycles. The van der Waals surface area contributed by atoms with E-state index in [1.807, 2.05) is 63.5 Å². The van der Waals surface area contributed by atoms with Crippen molar-refractivity contribution in [1.82, 2.24) is 20.9 Å². The lowest BCUT2D eigenvalue weighted by molar-refractivity contribution is -0.132. The van der Waals surface area contributed by atoms with Gasteiger partial charge < -0.3 is 15.5 Å². The van der Waals surface area contributed by atoms with Gasteiger partial charge >= 0.3 is 0 Å². The van der Waals surface area contributed by atoms with Crippen LogP contribution in [-0.2, 0) is 16.1 Å². The number of carbonyl (C=O) groups is 2. The number of nitrogens with zero attached hydrogens (tertiary/aromatic N) is 1. The Balaban J connectivity index is 1.62. The summed E-state index contributed by atoms with van der Waals surface area (Å²) in [5.74, 6) is -0.297. The van der Waals surface area contributed by atoms with E-state index in [9.17, 15) is 9.59 Å². The molecule has 3 N–H and O–H groups in total. The number of rotatable bonds is 6. The molecule has 0 spiro atoms. The lowest BCUT2D eigenvalue weighted by Crippen LogP contribution is -2.56. The van der Waals surface area contributed by atoms with Crippen molar-refractivity contribution in [3.8, 4) is 0 Å². The van der Waals surface area contributed by atoms with Crippen LogP contribution in [0.15, 0.2) is 54.6 Å². The third-order valence-corrected chi connectivity index (χ3v) is 4.85. The number of amides is 2. The highest BCUT2D eigenvalue weighted by molar-refractivity contribution is 5.89. The maximum Gasteiger partial charge on any atom is 0.238 e. The zero-order valence-electron chi connectivity index (χ0n) is 16.6. The molecule has 1 aliphatic rings. The molecule has 0 saturated carbocycles. The van der Waals surface area contributed by atoms with E-state index in [0.29, 0.717) is 0 Å². The lowest BCUT2D eigenvalue weighted by atomic mass is 10.0. The normalized spacial score (nSPS) is 20.5. The smallest absolute Gasteiger partial charge is 0.238 e. The van der Waals surface area contributed by atoms with Crippen LogP contribution >= 0.6 is 0 Å². The fourth-order valence-corrected chi connectivity index (χ4v) is 3.37.